The van der Waals surface area contributed by atoms with Crippen LogP contribution in [-0.2, 0) is 6.42 Å². The molecule has 5 rings (SSSR count). The van der Waals surface area contributed by atoms with Crippen molar-refractivity contribution in [3.8, 4) is 5.95 Å². The van der Waals surface area contributed by atoms with Crippen molar-refractivity contribution >= 4 is 16.6 Å². The number of fused-ring (bicyclic) bond motifs is 2. The predicted molar refractivity (Wildman–Crippen MR) is 98.4 cm³/mol. The maximum Gasteiger partial charge on any atom is 0.271 e. The molecule has 0 N–H and O–H groups in total. The van der Waals surface area contributed by atoms with Gasteiger partial charge in [0, 0.05) is 10.9 Å². The molecule has 5 nitrogen and oxygen atoms in total. The number of pyridine rings is 1. The molecule has 3 heterocycles. The lowest BCUT2D eigenvalue weighted by Crippen LogP contribution is -2.06. The van der Waals surface area contributed by atoms with E-state index in [0.717, 1.165) is 22.9 Å². The number of para-hydroxylation sites is 1. The maximum atomic E-state index is 13.6. The standard InChI is InChI=1S/C20H19F2N5/c1-12-3-2-4-14-11-23-27(18(12)14)20-24-17-10-8-15(19(21)22)16(26(17)25-20)9-7-13-5-6-13/h2-4,8,10-11,13,19H,5-7,9H2,1H3. The average Bonchev–Trinajstić information content (AvgIpc) is 3.20. The van der Waals surface area contributed by atoms with Gasteiger partial charge in [-0.15, -0.1) is 5.10 Å². The molecule has 1 fully saturated rings. The summed E-state index contributed by atoms with van der Waals surface area (Å²) in [4.78, 5) is 4.56. The second-order valence-electron chi connectivity index (χ2n) is 7.27. The summed E-state index contributed by atoms with van der Waals surface area (Å²) < 4.78 is 30.4. The van der Waals surface area contributed by atoms with Gasteiger partial charge in [0.1, 0.15) is 0 Å². The molecule has 0 unspecified atom stereocenters. The van der Waals surface area contributed by atoms with Crippen LogP contribution in [-0.4, -0.2) is 24.4 Å². The van der Waals surface area contributed by atoms with Crippen molar-refractivity contribution in [2.24, 2.45) is 5.92 Å². The normalized spacial score (nSPS) is 14.7. The van der Waals surface area contributed by atoms with Crippen LogP contribution in [0.5, 0.6) is 0 Å². The van der Waals surface area contributed by atoms with Crippen molar-refractivity contribution in [2.45, 2.75) is 39.0 Å². The Morgan fingerprint density at radius 1 is 1.19 bits per heavy atom. The minimum Gasteiger partial charge on any atom is -0.215 e. The quantitative estimate of drug-likeness (QED) is 0.516. The Labute approximate surface area is 154 Å². The first kappa shape index (κ1) is 16.4. The number of nitrogens with zero attached hydrogens (tertiary/aromatic N) is 5. The Hall–Kier alpha value is -2.83. The van der Waals surface area contributed by atoms with E-state index in [-0.39, 0.29) is 5.56 Å². The zero-order valence-corrected chi connectivity index (χ0v) is 14.9. The Morgan fingerprint density at radius 3 is 2.81 bits per heavy atom. The van der Waals surface area contributed by atoms with E-state index in [2.05, 4.69) is 15.2 Å². The second-order valence-corrected chi connectivity index (χ2v) is 7.27. The molecule has 1 aliphatic carbocycles. The van der Waals surface area contributed by atoms with Gasteiger partial charge in [-0.1, -0.05) is 31.0 Å². The van der Waals surface area contributed by atoms with E-state index < -0.39 is 6.43 Å². The molecule has 4 aromatic rings. The van der Waals surface area contributed by atoms with Crippen molar-refractivity contribution in [1.29, 1.82) is 0 Å². The SMILES string of the molecule is Cc1cccc2cnn(-c3nc4ccc(C(F)F)c(CCC5CC5)n4n3)c12. The van der Waals surface area contributed by atoms with Crippen molar-refractivity contribution < 1.29 is 8.78 Å². The van der Waals surface area contributed by atoms with Crippen LogP contribution >= 0.6 is 0 Å². The van der Waals surface area contributed by atoms with Gasteiger partial charge in [0.05, 0.1) is 17.4 Å². The molecule has 0 saturated heterocycles. The van der Waals surface area contributed by atoms with E-state index >= 15 is 0 Å². The van der Waals surface area contributed by atoms with Crippen LogP contribution in [0.15, 0.2) is 36.5 Å². The van der Waals surface area contributed by atoms with Gasteiger partial charge in [-0.3, -0.25) is 0 Å². The lowest BCUT2D eigenvalue weighted by atomic mass is 10.1. The fourth-order valence-electron chi connectivity index (χ4n) is 3.69. The molecule has 0 bridgehead atoms. The highest BCUT2D eigenvalue weighted by atomic mass is 19.3. The molecule has 0 amide bonds. The van der Waals surface area contributed by atoms with Gasteiger partial charge in [-0.25, -0.2) is 13.3 Å². The van der Waals surface area contributed by atoms with Crippen LogP contribution in [0.3, 0.4) is 0 Å². The highest BCUT2D eigenvalue weighted by Gasteiger charge is 2.24. The van der Waals surface area contributed by atoms with Gasteiger partial charge in [-0.2, -0.15) is 14.8 Å². The molecule has 1 saturated carbocycles. The molecule has 138 valence electrons. The maximum absolute atomic E-state index is 13.6. The molecule has 27 heavy (non-hydrogen) atoms. The molecule has 7 heteroatoms. The second kappa shape index (κ2) is 6.11. The number of hydrogen-bond donors (Lipinski definition) is 0. The zero-order valence-electron chi connectivity index (χ0n) is 14.9. The fraction of sp³-hybridized carbons (Fsp3) is 0.350. The van der Waals surface area contributed by atoms with Crippen LogP contribution in [0.25, 0.3) is 22.5 Å². The van der Waals surface area contributed by atoms with E-state index in [9.17, 15) is 8.78 Å². The van der Waals surface area contributed by atoms with Crippen LogP contribution in [0.1, 0.15) is 42.5 Å². The summed E-state index contributed by atoms with van der Waals surface area (Å²) in [6, 6.07) is 9.06. The number of aryl methyl sites for hydroxylation is 2. The number of benzene rings is 1. The Morgan fingerprint density at radius 2 is 2.04 bits per heavy atom. The lowest BCUT2D eigenvalue weighted by molar-refractivity contribution is 0.149. The Balaban J connectivity index is 1.67. The van der Waals surface area contributed by atoms with Crippen molar-refractivity contribution in [3.63, 3.8) is 0 Å². The smallest absolute Gasteiger partial charge is 0.215 e. The lowest BCUT2D eigenvalue weighted by Gasteiger charge is -2.10. The minimum atomic E-state index is -2.52. The number of alkyl halides is 2. The van der Waals surface area contributed by atoms with Gasteiger partial charge >= 0.3 is 0 Å². The first-order chi connectivity index (χ1) is 13.1. The largest absolute Gasteiger partial charge is 0.271 e. The van der Waals surface area contributed by atoms with Gasteiger partial charge in [-0.05, 0) is 43.4 Å². The zero-order chi connectivity index (χ0) is 18.5. The average molecular weight is 367 g/mol. The van der Waals surface area contributed by atoms with E-state index in [1.165, 1.54) is 18.9 Å². The van der Waals surface area contributed by atoms with Gasteiger partial charge < -0.3 is 0 Å². The Bertz CT molecular complexity index is 1140. The topological polar surface area (TPSA) is 48.0 Å². The Kier molecular flexibility index (Phi) is 3.70. The summed E-state index contributed by atoms with van der Waals surface area (Å²) in [5.41, 5.74) is 3.16. The third-order valence-electron chi connectivity index (χ3n) is 5.33. The third-order valence-corrected chi connectivity index (χ3v) is 5.33. The molecule has 0 aliphatic heterocycles. The monoisotopic (exact) mass is 367 g/mol. The molecule has 1 aromatic carbocycles. The molecule has 1 aliphatic rings. The minimum absolute atomic E-state index is 0.0427. The summed E-state index contributed by atoms with van der Waals surface area (Å²) in [6.07, 6.45) is 3.14. The molecule has 0 atom stereocenters. The van der Waals surface area contributed by atoms with Crippen LogP contribution < -0.4 is 0 Å². The summed E-state index contributed by atoms with van der Waals surface area (Å²) in [5.74, 6) is 1.06. The molecular weight excluding hydrogens is 348 g/mol. The van der Waals surface area contributed by atoms with Crippen LogP contribution in [0.2, 0.25) is 0 Å². The summed E-state index contributed by atoms with van der Waals surface area (Å²) in [5, 5.41) is 9.98. The third kappa shape index (κ3) is 2.78. The van der Waals surface area contributed by atoms with E-state index in [4.69, 9.17) is 0 Å². The molecule has 0 radical (unpaired) electrons. The van der Waals surface area contributed by atoms with E-state index in [1.54, 1.807) is 21.5 Å². The molecule has 3 aromatic heterocycles. The van der Waals surface area contributed by atoms with Gasteiger partial charge in [0.2, 0.25) is 0 Å². The fourth-order valence-corrected chi connectivity index (χ4v) is 3.69. The number of rotatable bonds is 5. The molecule has 0 spiro atoms. The summed E-state index contributed by atoms with van der Waals surface area (Å²) in [6.45, 7) is 2.01. The van der Waals surface area contributed by atoms with Crippen molar-refractivity contribution in [1.82, 2.24) is 24.4 Å². The van der Waals surface area contributed by atoms with Gasteiger partial charge in [0.15, 0.2) is 5.65 Å². The summed E-state index contributed by atoms with van der Waals surface area (Å²) in [7, 11) is 0. The van der Waals surface area contributed by atoms with E-state index in [1.807, 2.05) is 25.1 Å². The van der Waals surface area contributed by atoms with Crippen molar-refractivity contribution in [3.05, 3.63) is 53.3 Å². The number of aromatic nitrogens is 5. The summed E-state index contributed by atoms with van der Waals surface area (Å²) >= 11 is 0. The van der Waals surface area contributed by atoms with Gasteiger partial charge in [0.25, 0.3) is 12.4 Å². The van der Waals surface area contributed by atoms with Crippen molar-refractivity contribution in [2.75, 3.05) is 0 Å². The van der Waals surface area contributed by atoms with Crippen LogP contribution in [0, 0.1) is 12.8 Å². The van der Waals surface area contributed by atoms with Crippen LogP contribution in [0.4, 0.5) is 8.78 Å². The number of hydrogen-bond acceptors (Lipinski definition) is 3. The molecular formula is C20H19F2N5. The predicted octanol–water partition coefficient (Wildman–Crippen LogP) is 4.66. The highest BCUT2D eigenvalue weighted by Crippen LogP contribution is 2.35. The first-order valence-electron chi connectivity index (χ1n) is 9.22. The highest BCUT2D eigenvalue weighted by molar-refractivity contribution is 5.82. The van der Waals surface area contributed by atoms with E-state index in [0.29, 0.717) is 29.6 Å². The first-order valence-corrected chi connectivity index (χ1v) is 9.22. The number of halogens is 2.